The lowest BCUT2D eigenvalue weighted by Crippen LogP contribution is -2.28. The minimum atomic E-state index is -0.963. The Bertz CT molecular complexity index is 1180. The first-order valence-electron chi connectivity index (χ1n) is 9.33. The average molecular weight is 386 g/mol. The van der Waals surface area contributed by atoms with Crippen molar-refractivity contribution in [3.63, 3.8) is 0 Å². The molecule has 0 saturated carbocycles. The molecule has 6 nitrogen and oxygen atoms in total. The van der Waals surface area contributed by atoms with E-state index in [9.17, 15) is 4.79 Å². The van der Waals surface area contributed by atoms with E-state index in [2.05, 4.69) is 9.97 Å². The second-order valence-electron chi connectivity index (χ2n) is 6.88. The topological polar surface area (TPSA) is 84.4 Å². The Balaban J connectivity index is 1.51. The van der Waals surface area contributed by atoms with E-state index >= 15 is 0 Å². The van der Waals surface area contributed by atoms with Gasteiger partial charge in [0.1, 0.15) is 5.82 Å². The molecule has 2 heterocycles. The summed E-state index contributed by atoms with van der Waals surface area (Å²) < 4.78 is 12.1. The van der Waals surface area contributed by atoms with Gasteiger partial charge < -0.3 is 19.6 Å². The van der Waals surface area contributed by atoms with Crippen molar-refractivity contribution >= 4 is 17.0 Å². The predicted molar refractivity (Wildman–Crippen MR) is 108 cm³/mol. The Kier molecular flexibility index (Phi) is 4.16. The van der Waals surface area contributed by atoms with Crippen molar-refractivity contribution in [2.75, 3.05) is 13.2 Å². The molecule has 1 saturated heterocycles. The van der Waals surface area contributed by atoms with Gasteiger partial charge in [0.05, 0.1) is 29.8 Å². The van der Waals surface area contributed by atoms with E-state index in [4.69, 9.17) is 14.6 Å². The van der Waals surface area contributed by atoms with Crippen LogP contribution < -0.4 is 0 Å². The predicted octanol–water partition coefficient (Wildman–Crippen LogP) is 4.18. The molecule has 0 unspecified atom stereocenters. The smallest absolute Gasteiger partial charge is 0.335 e. The Morgan fingerprint density at radius 3 is 2.31 bits per heavy atom. The lowest BCUT2D eigenvalue weighted by molar-refractivity contribution is -0.129. The molecule has 1 aliphatic heterocycles. The summed E-state index contributed by atoms with van der Waals surface area (Å²) in [6.45, 7) is 1.07. The third kappa shape index (κ3) is 2.99. The van der Waals surface area contributed by atoms with Gasteiger partial charge in [-0.2, -0.15) is 0 Å². The van der Waals surface area contributed by atoms with E-state index in [0.717, 1.165) is 22.2 Å². The van der Waals surface area contributed by atoms with E-state index in [1.54, 1.807) is 18.2 Å². The first-order valence-corrected chi connectivity index (χ1v) is 9.33. The van der Waals surface area contributed by atoms with Crippen LogP contribution in [0.5, 0.6) is 0 Å². The number of imidazole rings is 1. The molecule has 29 heavy (non-hydrogen) atoms. The molecular formula is C23H18N2O4. The zero-order valence-electron chi connectivity index (χ0n) is 15.5. The van der Waals surface area contributed by atoms with Gasteiger partial charge in [-0.15, -0.1) is 0 Å². The van der Waals surface area contributed by atoms with E-state index in [0.29, 0.717) is 24.6 Å². The van der Waals surface area contributed by atoms with Gasteiger partial charge in [-0.1, -0.05) is 54.6 Å². The van der Waals surface area contributed by atoms with Crippen molar-refractivity contribution in [1.82, 2.24) is 9.97 Å². The van der Waals surface area contributed by atoms with Crippen LogP contribution in [0.15, 0.2) is 72.8 Å². The van der Waals surface area contributed by atoms with Crippen molar-refractivity contribution in [3.8, 4) is 11.4 Å². The van der Waals surface area contributed by atoms with Gasteiger partial charge in [-0.05, 0) is 18.2 Å². The second kappa shape index (κ2) is 6.84. The number of hydrogen-bond donors (Lipinski definition) is 2. The Hall–Kier alpha value is -3.48. The molecule has 3 aromatic carbocycles. The number of rotatable bonds is 4. The van der Waals surface area contributed by atoms with Crippen molar-refractivity contribution < 1.29 is 19.4 Å². The molecule has 0 spiro atoms. The molecule has 0 radical (unpaired) electrons. The van der Waals surface area contributed by atoms with Gasteiger partial charge >= 0.3 is 5.97 Å². The molecule has 5 rings (SSSR count). The normalized spacial score (nSPS) is 15.6. The number of carboxylic acid groups (broad SMARTS) is 1. The van der Waals surface area contributed by atoms with Crippen LogP contribution in [-0.4, -0.2) is 34.3 Å². The SMILES string of the molecule is O=C(O)c1ccc2nc(-c3ccc(C4(c5ccccc5)OCCO4)cc3)[nH]c2c1. The zero-order chi connectivity index (χ0) is 19.8. The van der Waals surface area contributed by atoms with Gasteiger partial charge in [0.25, 0.3) is 0 Å². The van der Waals surface area contributed by atoms with Crippen LogP contribution in [0.25, 0.3) is 22.4 Å². The lowest BCUT2D eigenvalue weighted by Gasteiger charge is -2.28. The van der Waals surface area contributed by atoms with E-state index in [1.165, 1.54) is 0 Å². The summed E-state index contributed by atoms with van der Waals surface area (Å²) in [6, 6.07) is 22.6. The molecule has 0 atom stereocenters. The van der Waals surface area contributed by atoms with E-state index in [1.807, 2.05) is 54.6 Å². The lowest BCUT2D eigenvalue weighted by atomic mass is 9.96. The van der Waals surface area contributed by atoms with Crippen LogP contribution in [0, 0.1) is 0 Å². The third-order valence-corrected chi connectivity index (χ3v) is 5.12. The first kappa shape index (κ1) is 17.6. The number of hydrogen-bond acceptors (Lipinski definition) is 4. The number of carbonyl (C=O) groups is 1. The number of fused-ring (bicyclic) bond motifs is 1. The Labute approximate surface area is 166 Å². The van der Waals surface area contributed by atoms with Crippen LogP contribution in [0.4, 0.5) is 0 Å². The van der Waals surface area contributed by atoms with Crippen molar-refractivity contribution in [1.29, 1.82) is 0 Å². The summed E-state index contributed by atoms with van der Waals surface area (Å²) in [5.41, 5.74) is 4.39. The number of aromatic carboxylic acids is 1. The summed E-state index contributed by atoms with van der Waals surface area (Å²) in [4.78, 5) is 18.9. The molecule has 0 bridgehead atoms. The Morgan fingerprint density at radius 2 is 1.62 bits per heavy atom. The van der Waals surface area contributed by atoms with Crippen LogP contribution in [0.3, 0.4) is 0 Å². The van der Waals surface area contributed by atoms with Crippen LogP contribution >= 0.6 is 0 Å². The summed E-state index contributed by atoms with van der Waals surface area (Å²) in [7, 11) is 0. The summed E-state index contributed by atoms with van der Waals surface area (Å²) >= 11 is 0. The minimum absolute atomic E-state index is 0.225. The van der Waals surface area contributed by atoms with Gasteiger partial charge in [-0.25, -0.2) is 9.78 Å². The van der Waals surface area contributed by atoms with Gasteiger partial charge in [0.2, 0.25) is 5.79 Å². The minimum Gasteiger partial charge on any atom is -0.478 e. The molecule has 1 aromatic heterocycles. The second-order valence-corrected chi connectivity index (χ2v) is 6.88. The molecule has 6 heteroatoms. The highest BCUT2D eigenvalue weighted by molar-refractivity contribution is 5.93. The first-order chi connectivity index (χ1) is 14.2. The fraction of sp³-hybridized carbons (Fsp3) is 0.130. The standard InChI is InChI=1S/C23H18N2O4/c26-22(27)16-8-11-19-20(14-16)25-21(24-19)15-6-9-18(10-7-15)23(28-12-13-29-23)17-4-2-1-3-5-17/h1-11,14H,12-13H2,(H,24,25)(H,26,27). The number of nitrogens with one attached hydrogen (secondary N) is 1. The molecule has 1 aliphatic rings. The summed E-state index contributed by atoms with van der Waals surface area (Å²) in [5, 5.41) is 9.16. The van der Waals surface area contributed by atoms with E-state index in [-0.39, 0.29) is 5.56 Å². The zero-order valence-corrected chi connectivity index (χ0v) is 15.5. The molecule has 1 fully saturated rings. The van der Waals surface area contributed by atoms with Gasteiger partial charge in [-0.3, -0.25) is 0 Å². The highest BCUT2D eigenvalue weighted by Crippen LogP contribution is 2.38. The van der Waals surface area contributed by atoms with Crippen LogP contribution in [-0.2, 0) is 15.3 Å². The van der Waals surface area contributed by atoms with Gasteiger partial charge in [0.15, 0.2) is 0 Å². The maximum absolute atomic E-state index is 11.2. The highest BCUT2D eigenvalue weighted by Gasteiger charge is 2.40. The molecule has 144 valence electrons. The van der Waals surface area contributed by atoms with Crippen molar-refractivity contribution in [2.45, 2.75) is 5.79 Å². The van der Waals surface area contributed by atoms with Crippen LogP contribution in [0.1, 0.15) is 21.5 Å². The number of benzene rings is 3. The highest BCUT2D eigenvalue weighted by atomic mass is 16.7. The molecular weight excluding hydrogens is 368 g/mol. The van der Waals surface area contributed by atoms with E-state index < -0.39 is 11.8 Å². The average Bonchev–Trinajstić information content (AvgIpc) is 3.42. The quantitative estimate of drug-likeness (QED) is 0.550. The number of carboxylic acids is 1. The van der Waals surface area contributed by atoms with Crippen molar-refractivity contribution in [3.05, 3.63) is 89.5 Å². The molecule has 0 amide bonds. The molecule has 2 N–H and O–H groups in total. The summed E-state index contributed by atoms with van der Waals surface area (Å²) in [6.07, 6.45) is 0. The fourth-order valence-electron chi connectivity index (χ4n) is 3.70. The van der Waals surface area contributed by atoms with Gasteiger partial charge in [0, 0.05) is 16.7 Å². The number of H-pyrrole nitrogens is 1. The fourth-order valence-corrected chi connectivity index (χ4v) is 3.70. The van der Waals surface area contributed by atoms with Crippen LogP contribution in [0.2, 0.25) is 0 Å². The Morgan fingerprint density at radius 1 is 0.931 bits per heavy atom. The largest absolute Gasteiger partial charge is 0.478 e. The number of nitrogens with zero attached hydrogens (tertiary/aromatic N) is 1. The maximum Gasteiger partial charge on any atom is 0.335 e. The van der Waals surface area contributed by atoms with Crippen molar-refractivity contribution in [2.24, 2.45) is 0 Å². The maximum atomic E-state index is 11.2. The molecule has 4 aromatic rings. The number of aromatic amines is 1. The number of aromatic nitrogens is 2. The summed E-state index contributed by atoms with van der Waals surface area (Å²) in [5.74, 6) is -1.18. The monoisotopic (exact) mass is 386 g/mol. The number of ether oxygens (including phenoxy) is 2. The molecule has 0 aliphatic carbocycles. The third-order valence-electron chi connectivity index (χ3n) is 5.12.